The Morgan fingerprint density at radius 1 is 0.545 bits per heavy atom. The molecule has 4 rings (SSSR count). The van der Waals surface area contributed by atoms with Gasteiger partial charge < -0.3 is 0 Å². The smallest absolute Gasteiger partial charge is 0.0533 e. The topological polar surface area (TPSA) is 0 Å². The van der Waals surface area contributed by atoms with Crippen molar-refractivity contribution in [2.75, 3.05) is 6.66 Å². The SMILES string of the molecule is C[P+]1(C2CCCCC2)P(C2CCCCC2)P1C1CCCCC1. The van der Waals surface area contributed by atoms with E-state index in [1.165, 1.54) is 17.0 Å². The fraction of sp³-hybridized carbons (Fsp3) is 1.00. The van der Waals surface area contributed by atoms with Crippen LogP contribution in [0.15, 0.2) is 0 Å². The summed E-state index contributed by atoms with van der Waals surface area (Å²) in [5.74, 6) is 0. The first-order valence-electron chi connectivity index (χ1n) is 10.3. The molecule has 0 spiro atoms. The molecule has 126 valence electrons. The minimum absolute atomic E-state index is 0.469. The summed E-state index contributed by atoms with van der Waals surface area (Å²) in [6.45, 7) is 2.47. The maximum atomic E-state index is 2.93. The van der Waals surface area contributed by atoms with Crippen molar-refractivity contribution in [1.82, 2.24) is 0 Å². The van der Waals surface area contributed by atoms with E-state index < -0.39 is 6.64 Å². The fourth-order valence-electron chi connectivity index (χ4n) is 5.83. The molecule has 0 aromatic carbocycles. The van der Waals surface area contributed by atoms with Gasteiger partial charge in [0, 0.05) is 11.3 Å². The summed E-state index contributed by atoms with van der Waals surface area (Å²) in [6.07, 6.45) is 24.1. The minimum atomic E-state index is -0.469. The number of rotatable bonds is 3. The van der Waals surface area contributed by atoms with Gasteiger partial charge in [0.1, 0.15) is 14.6 Å². The van der Waals surface area contributed by atoms with Crippen molar-refractivity contribution >= 4 is 21.2 Å². The van der Waals surface area contributed by atoms with Gasteiger partial charge in [-0.2, -0.15) is 0 Å². The van der Waals surface area contributed by atoms with Crippen LogP contribution in [0, 0.1) is 0 Å². The molecule has 0 nitrogen and oxygen atoms in total. The molecule has 2 unspecified atom stereocenters. The Bertz CT molecular complexity index is 341. The van der Waals surface area contributed by atoms with E-state index in [2.05, 4.69) is 6.66 Å². The molecule has 0 bridgehead atoms. The maximum absolute atomic E-state index is 2.93. The molecule has 0 aromatic rings. The summed E-state index contributed by atoms with van der Waals surface area (Å²) in [4.78, 5) is 0. The quantitative estimate of drug-likeness (QED) is 0.445. The predicted octanol–water partition coefficient (Wildman–Crippen LogP) is 8.35. The summed E-state index contributed by atoms with van der Waals surface area (Å²) in [6, 6.07) is 0. The van der Waals surface area contributed by atoms with Gasteiger partial charge in [-0.25, -0.2) is 0 Å². The molecule has 1 aliphatic heterocycles. The lowest BCUT2D eigenvalue weighted by molar-refractivity contribution is 0.509. The Morgan fingerprint density at radius 3 is 1.32 bits per heavy atom. The molecule has 3 aliphatic carbocycles. The van der Waals surface area contributed by atoms with Gasteiger partial charge in [0.05, 0.1) is 19.0 Å². The highest BCUT2D eigenvalue weighted by Gasteiger charge is 2.78. The maximum Gasteiger partial charge on any atom is 0.126 e. The zero-order chi connectivity index (χ0) is 15.0. The molecule has 3 saturated carbocycles. The summed E-state index contributed by atoms with van der Waals surface area (Å²) in [5.41, 5.74) is 3.79. The second-order valence-electron chi connectivity index (χ2n) is 8.49. The fourth-order valence-corrected chi connectivity index (χ4v) is 45.3. The summed E-state index contributed by atoms with van der Waals surface area (Å²) in [7, 11) is 1.11. The highest BCUT2D eigenvalue weighted by Crippen LogP contribution is 3.32. The van der Waals surface area contributed by atoms with Crippen molar-refractivity contribution in [2.24, 2.45) is 0 Å². The minimum Gasteiger partial charge on any atom is -0.0533 e. The molecule has 2 atom stereocenters. The molecule has 4 aliphatic rings. The van der Waals surface area contributed by atoms with Crippen LogP contribution >= 0.6 is 21.2 Å². The van der Waals surface area contributed by atoms with Crippen molar-refractivity contribution in [3.05, 3.63) is 0 Å². The lowest BCUT2D eigenvalue weighted by Gasteiger charge is -2.26. The first-order valence-corrected chi connectivity index (χ1v) is 17.5. The molecule has 0 N–H and O–H groups in total. The molecule has 3 heteroatoms. The van der Waals surface area contributed by atoms with Gasteiger partial charge in [-0.3, -0.25) is 0 Å². The Kier molecular flexibility index (Phi) is 5.53. The van der Waals surface area contributed by atoms with Gasteiger partial charge in [0.15, 0.2) is 0 Å². The van der Waals surface area contributed by atoms with E-state index in [1.54, 1.807) is 96.3 Å². The Hall–Kier alpha value is 1.29. The van der Waals surface area contributed by atoms with Crippen LogP contribution in [0.5, 0.6) is 0 Å². The third-order valence-corrected chi connectivity index (χ3v) is 35.7. The van der Waals surface area contributed by atoms with E-state index in [0.717, 1.165) is 0 Å². The van der Waals surface area contributed by atoms with Crippen molar-refractivity contribution in [3.63, 3.8) is 0 Å². The van der Waals surface area contributed by atoms with Crippen LogP contribution in [-0.2, 0) is 0 Å². The van der Waals surface area contributed by atoms with Crippen molar-refractivity contribution in [1.29, 1.82) is 0 Å². The Balaban J connectivity index is 1.52. The molecule has 22 heavy (non-hydrogen) atoms. The van der Waals surface area contributed by atoms with Crippen LogP contribution in [0.3, 0.4) is 0 Å². The average Bonchev–Trinajstić information content (AvgIpc) is 3.24. The monoisotopic (exact) mass is 357 g/mol. The van der Waals surface area contributed by atoms with Gasteiger partial charge >= 0.3 is 0 Å². The van der Waals surface area contributed by atoms with Crippen LogP contribution in [0.2, 0.25) is 0 Å². The van der Waals surface area contributed by atoms with Crippen LogP contribution in [0.25, 0.3) is 0 Å². The van der Waals surface area contributed by atoms with E-state index in [4.69, 9.17) is 0 Å². The summed E-state index contributed by atoms with van der Waals surface area (Å²) in [5, 5.41) is 0. The largest absolute Gasteiger partial charge is 0.126 e. The molecular weight excluding hydrogens is 321 g/mol. The predicted molar refractivity (Wildman–Crippen MR) is 107 cm³/mol. The van der Waals surface area contributed by atoms with Crippen LogP contribution < -0.4 is 0 Å². The Morgan fingerprint density at radius 2 is 0.909 bits per heavy atom. The van der Waals surface area contributed by atoms with E-state index in [9.17, 15) is 0 Å². The normalized spacial score (nSPS) is 42.4. The number of hydrogen-bond acceptors (Lipinski definition) is 0. The third kappa shape index (κ3) is 3.09. The van der Waals surface area contributed by atoms with Gasteiger partial charge in [0.2, 0.25) is 0 Å². The second kappa shape index (κ2) is 7.27. The van der Waals surface area contributed by atoms with E-state index in [1.807, 2.05) is 0 Å². The van der Waals surface area contributed by atoms with Crippen LogP contribution in [0.1, 0.15) is 96.3 Å². The van der Waals surface area contributed by atoms with Crippen molar-refractivity contribution in [3.8, 4) is 0 Å². The first kappa shape index (κ1) is 16.7. The van der Waals surface area contributed by atoms with E-state index >= 15 is 0 Å². The Labute approximate surface area is 141 Å². The van der Waals surface area contributed by atoms with Crippen molar-refractivity contribution < 1.29 is 0 Å². The average molecular weight is 357 g/mol. The van der Waals surface area contributed by atoms with Gasteiger partial charge in [-0.1, -0.05) is 44.9 Å². The highest BCUT2D eigenvalue weighted by atomic mass is 33.0. The summed E-state index contributed by atoms with van der Waals surface area (Å²) < 4.78 is 0. The molecule has 4 fully saturated rings. The van der Waals surface area contributed by atoms with Crippen LogP contribution in [0.4, 0.5) is 0 Å². The number of hydrogen-bond donors (Lipinski definition) is 0. The van der Waals surface area contributed by atoms with Gasteiger partial charge in [-0.15, -0.1) is 0 Å². The van der Waals surface area contributed by atoms with Gasteiger partial charge in [-0.05, 0) is 51.4 Å². The third-order valence-electron chi connectivity index (χ3n) is 7.08. The first-order chi connectivity index (χ1) is 10.8. The molecule has 0 amide bonds. The second-order valence-corrected chi connectivity index (χ2v) is 26.9. The zero-order valence-corrected chi connectivity index (χ0v) is 17.4. The van der Waals surface area contributed by atoms with Gasteiger partial charge in [0.25, 0.3) is 0 Å². The highest BCUT2D eigenvalue weighted by molar-refractivity contribution is 9.14. The molecule has 0 aromatic heterocycles. The molecule has 1 saturated heterocycles. The zero-order valence-electron chi connectivity index (χ0n) is 14.7. The molecule has 1 heterocycles. The van der Waals surface area contributed by atoms with Crippen LogP contribution in [-0.4, -0.2) is 23.6 Å². The molecular formula is C19H36P3+. The summed E-state index contributed by atoms with van der Waals surface area (Å²) >= 11 is 0. The van der Waals surface area contributed by atoms with E-state index in [-0.39, 0.29) is 0 Å². The van der Waals surface area contributed by atoms with Crippen molar-refractivity contribution in [2.45, 2.75) is 113 Å². The molecule has 0 radical (unpaired) electrons. The van der Waals surface area contributed by atoms with E-state index in [0.29, 0.717) is 14.6 Å². The lowest BCUT2D eigenvalue weighted by atomic mass is 10.0. The lowest BCUT2D eigenvalue weighted by Crippen LogP contribution is -2.12. The standard InChI is InChI=1S/C19H36P3/c1-22(19-15-9-4-10-16-19)20(17-11-5-2-6-12-17)21(22)18-13-7-3-8-14-18/h17-19H,2-16H2,1H3/q+1.